The van der Waals surface area contributed by atoms with E-state index in [1.807, 2.05) is 0 Å². The van der Waals surface area contributed by atoms with Crippen LogP contribution in [-0.2, 0) is 6.61 Å². The number of thiophene rings is 1. The van der Waals surface area contributed by atoms with Gasteiger partial charge in [0.15, 0.2) is 0 Å². The van der Waals surface area contributed by atoms with Crippen molar-refractivity contribution in [2.24, 2.45) is 0 Å². The lowest BCUT2D eigenvalue weighted by Crippen LogP contribution is -1.93. The minimum atomic E-state index is -0.945. The van der Waals surface area contributed by atoms with Gasteiger partial charge in [0.2, 0.25) is 0 Å². The Kier molecular flexibility index (Phi) is 2.68. The number of rotatable bonds is 4. The van der Waals surface area contributed by atoms with Crippen molar-refractivity contribution < 1.29 is 19.2 Å². The normalized spacial score (nSPS) is 10.1. The third-order valence-electron chi connectivity index (χ3n) is 1.68. The average Bonchev–Trinajstić information content (AvgIpc) is 2.86. The zero-order valence-electron chi connectivity index (χ0n) is 7.54. The van der Waals surface area contributed by atoms with Gasteiger partial charge in [0, 0.05) is 17.0 Å². The van der Waals surface area contributed by atoms with Crippen molar-refractivity contribution in [1.29, 1.82) is 0 Å². The van der Waals surface area contributed by atoms with Gasteiger partial charge in [-0.05, 0) is 0 Å². The molecule has 2 aromatic heterocycles. The molecular weight excluding hydrogens is 218 g/mol. The molecule has 0 atom stereocenters. The zero-order valence-corrected chi connectivity index (χ0v) is 8.36. The Morgan fingerprint density at radius 1 is 1.67 bits per heavy atom. The number of ether oxygens (including phenoxy) is 1. The molecule has 0 fully saturated rings. The molecule has 0 saturated heterocycles. The standard InChI is InChI=1S/C9H7NO4S/c11-9(12)8-1-7(5-15-8)13-3-6-2-10-14-4-6/h1-2,4-5H,3H2,(H,11,12). The molecule has 0 aromatic carbocycles. The molecule has 0 spiro atoms. The number of hydrogen-bond donors (Lipinski definition) is 1. The summed E-state index contributed by atoms with van der Waals surface area (Å²) in [4.78, 5) is 10.8. The Labute approximate surface area is 88.9 Å². The quantitative estimate of drug-likeness (QED) is 0.861. The molecule has 78 valence electrons. The maximum absolute atomic E-state index is 10.6. The van der Waals surface area contributed by atoms with Crippen LogP contribution in [0.1, 0.15) is 15.2 Å². The lowest BCUT2D eigenvalue weighted by molar-refractivity contribution is 0.0702. The van der Waals surface area contributed by atoms with Crippen LogP contribution in [0.2, 0.25) is 0 Å². The molecule has 2 rings (SSSR count). The molecule has 2 heterocycles. The molecule has 0 aliphatic rings. The number of aromatic carboxylic acids is 1. The van der Waals surface area contributed by atoms with Gasteiger partial charge >= 0.3 is 5.97 Å². The van der Waals surface area contributed by atoms with Gasteiger partial charge in [0.05, 0.1) is 6.20 Å². The smallest absolute Gasteiger partial charge is 0.346 e. The maximum atomic E-state index is 10.6. The van der Waals surface area contributed by atoms with Crippen molar-refractivity contribution in [2.75, 3.05) is 0 Å². The summed E-state index contributed by atoms with van der Waals surface area (Å²) in [6.07, 6.45) is 3.02. The van der Waals surface area contributed by atoms with Crippen LogP contribution in [0.4, 0.5) is 0 Å². The topological polar surface area (TPSA) is 72.6 Å². The fourth-order valence-corrected chi connectivity index (χ4v) is 1.64. The van der Waals surface area contributed by atoms with E-state index < -0.39 is 5.97 Å². The second-order valence-corrected chi connectivity index (χ2v) is 3.68. The van der Waals surface area contributed by atoms with Crippen LogP contribution in [-0.4, -0.2) is 16.2 Å². The Bertz CT molecular complexity index is 448. The van der Waals surface area contributed by atoms with Crippen molar-refractivity contribution in [3.8, 4) is 5.75 Å². The minimum Gasteiger partial charge on any atom is -0.488 e. The molecule has 0 saturated carbocycles. The van der Waals surface area contributed by atoms with Crippen molar-refractivity contribution >= 4 is 17.3 Å². The second kappa shape index (κ2) is 4.14. The van der Waals surface area contributed by atoms with Crippen molar-refractivity contribution in [1.82, 2.24) is 5.16 Å². The summed E-state index contributed by atoms with van der Waals surface area (Å²) < 4.78 is 9.95. The number of hydrogen-bond acceptors (Lipinski definition) is 5. The van der Waals surface area contributed by atoms with Gasteiger partial charge in [-0.3, -0.25) is 0 Å². The molecular formula is C9H7NO4S. The molecule has 0 unspecified atom stereocenters. The fraction of sp³-hybridized carbons (Fsp3) is 0.111. The van der Waals surface area contributed by atoms with Crippen LogP contribution < -0.4 is 4.74 Å². The molecule has 15 heavy (non-hydrogen) atoms. The Hall–Kier alpha value is -1.82. The molecule has 5 nitrogen and oxygen atoms in total. The van der Waals surface area contributed by atoms with Gasteiger partial charge in [-0.25, -0.2) is 4.79 Å². The number of aromatic nitrogens is 1. The fourth-order valence-electron chi connectivity index (χ4n) is 0.971. The first-order valence-corrected chi connectivity index (χ1v) is 4.96. The van der Waals surface area contributed by atoms with Gasteiger partial charge in [0.25, 0.3) is 0 Å². The van der Waals surface area contributed by atoms with E-state index in [-0.39, 0.29) is 4.88 Å². The van der Waals surface area contributed by atoms with Crippen LogP contribution in [0.15, 0.2) is 28.4 Å². The molecule has 6 heteroatoms. The lowest BCUT2D eigenvalue weighted by Gasteiger charge is -1.98. The zero-order chi connectivity index (χ0) is 10.7. The van der Waals surface area contributed by atoms with Crippen LogP contribution in [0, 0.1) is 0 Å². The lowest BCUT2D eigenvalue weighted by atomic mass is 10.4. The van der Waals surface area contributed by atoms with E-state index in [4.69, 9.17) is 9.84 Å². The van der Waals surface area contributed by atoms with E-state index in [0.717, 1.165) is 16.9 Å². The first-order chi connectivity index (χ1) is 7.25. The summed E-state index contributed by atoms with van der Waals surface area (Å²) in [5.74, 6) is -0.404. The summed E-state index contributed by atoms with van der Waals surface area (Å²) in [5.41, 5.74) is 0.804. The molecule has 0 radical (unpaired) electrons. The minimum absolute atomic E-state index is 0.260. The van der Waals surface area contributed by atoms with Crippen LogP contribution >= 0.6 is 11.3 Å². The monoisotopic (exact) mass is 225 g/mol. The summed E-state index contributed by atoms with van der Waals surface area (Å²) >= 11 is 1.13. The third-order valence-corrected chi connectivity index (χ3v) is 2.57. The molecule has 1 N–H and O–H groups in total. The highest BCUT2D eigenvalue weighted by Gasteiger charge is 2.07. The van der Waals surface area contributed by atoms with E-state index in [0.29, 0.717) is 12.4 Å². The number of carboxylic acid groups (broad SMARTS) is 1. The van der Waals surface area contributed by atoms with E-state index >= 15 is 0 Å². The highest BCUT2D eigenvalue weighted by molar-refractivity contribution is 7.12. The molecule has 0 aliphatic heterocycles. The van der Waals surface area contributed by atoms with Crippen LogP contribution in [0.5, 0.6) is 5.75 Å². The molecule has 0 bridgehead atoms. The van der Waals surface area contributed by atoms with E-state index in [2.05, 4.69) is 9.68 Å². The van der Waals surface area contributed by atoms with Gasteiger partial charge in [-0.15, -0.1) is 11.3 Å². The van der Waals surface area contributed by atoms with Crippen molar-refractivity contribution in [2.45, 2.75) is 6.61 Å². The first kappa shape index (κ1) is 9.72. The predicted molar refractivity (Wildman–Crippen MR) is 52.1 cm³/mol. The van der Waals surface area contributed by atoms with E-state index in [1.165, 1.54) is 12.3 Å². The van der Waals surface area contributed by atoms with Gasteiger partial charge < -0.3 is 14.4 Å². The average molecular weight is 225 g/mol. The van der Waals surface area contributed by atoms with E-state index in [9.17, 15) is 4.79 Å². The predicted octanol–water partition coefficient (Wildman–Crippen LogP) is 2.01. The van der Waals surface area contributed by atoms with E-state index in [1.54, 1.807) is 11.6 Å². The largest absolute Gasteiger partial charge is 0.488 e. The van der Waals surface area contributed by atoms with Gasteiger partial charge in [-0.1, -0.05) is 5.16 Å². The molecule has 0 aliphatic carbocycles. The maximum Gasteiger partial charge on any atom is 0.346 e. The van der Waals surface area contributed by atoms with Crippen molar-refractivity contribution in [3.05, 3.63) is 34.3 Å². The number of carbonyl (C=O) groups is 1. The Morgan fingerprint density at radius 2 is 2.53 bits per heavy atom. The second-order valence-electron chi connectivity index (χ2n) is 2.77. The molecule has 0 amide bonds. The third kappa shape index (κ3) is 2.35. The highest BCUT2D eigenvalue weighted by atomic mass is 32.1. The summed E-state index contributed by atoms with van der Waals surface area (Å²) in [6.45, 7) is 0.319. The Morgan fingerprint density at radius 3 is 3.13 bits per heavy atom. The molecule has 2 aromatic rings. The SMILES string of the molecule is O=C(O)c1cc(OCc2cnoc2)cs1. The van der Waals surface area contributed by atoms with Crippen molar-refractivity contribution in [3.63, 3.8) is 0 Å². The summed E-state index contributed by atoms with van der Waals surface area (Å²) in [7, 11) is 0. The number of carboxylic acids is 1. The van der Waals surface area contributed by atoms with Gasteiger partial charge in [-0.2, -0.15) is 0 Å². The number of nitrogens with zero attached hydrogens (tertiary/aromatic N) is 1. The Balaban J connectivity index is 1.96. The van der Waals surface area contributed by atoms with Crippen LogP contribution in [0.25, 0.3) is 0 Å². The summed E-state index contributed by atoms with van der Waals surface area (Å²) in [5, 5.41) is 13.9. The summed E-state index contributed by atoms with van der Waals surface area (Å²) in [6, 6.07) is 1.49. The first-order valence-electron chi connectivity index (χ1n) is 4.08. The van der Waals surface area contributed by atoms with Gasteiger partial charge in [0.1, 0.15) is 23.5 Å². The highest BCUT2D eigenvalue weighted by Crippen LogP contribution is 2.22. The van der Waals surface area contributed by atoms with Crippen LogP contribution in [0.3, 0.4) is 0 Å².